The highest BCUT2D eigenvalue weighted by Gasteiger charge is 2.12. The molecule has 0 bridgehead atoms. The van der Waals surface area contributed by atoms with Crippen LogP contribution in [0.15, 0.2) is 42.5 Å². The molecular formula is C14H9F4NO2. The highest BCUT2D eigenvalue weighted by molar-refractivity contribution is 6.04. The van der Waals surface area contributed by atoms with Gasteiger partial charge in [0.05, 0.1) is 0 Å². The Balaban J connectivity index is 2.11. The van der Waals surface area contributed by atoms with Gasteiger partial charge in [-0.1, -0.05) is 0 Å². The zero-order valence-electron chi connectivity index (χ0n) is 10.4. The number of nitrogens with one attached hydrogen (secondary N) is 1. The summed E-state index contributed by atoms with van der Waals surface area (Å²) in [5.74, 6) is -2.74. The number of alkyl halides is 2. The van der Waals surface area contributed by atoms with Crippen molar-refractivity contribution in [3.8, 4) is 5.75 Å². The van der Waals surface area contributed by atoms with E-state index in [-0.39, 0.29) is 11.3 Å². The van der Waals surface area contributed by atoms with Gasteiger partial charge in [-0.3, -0.25) is 4.79 Å². The summed E-state index contributed by atoms with van der Waals surface area (Å²) in [5, 5.41) is 2.35. The van der Waals surface area contributed by atoms with E-state index in [1.807, 2.05) is 0 Å². The van der Waals surface area contributed by atoms with Crippen molar-refractivity contribution in [2.75, 3.05) is 5.32 Å². The summed E-state index contributed by atoms with van der Waals surface area (Å²) in [6.45, 7) is -3.14. The van der Waals surface area contributed by atoms with E-state index in [0.717, 1.165) is 24.3 Å². The second-order valence-corrected chi connectivity index (χ2v) is 3.98. The average Bonchev–Trinajstić information content (AvgIpc) is 2.42. The predicted molar refractivity (Wildman–Crippen MR) is 67.4 cm³/mol. The molecule has 0 aliphatic heterocycles. The first-order valence-corrected chi connectivity index (χ1v) is 5.77. The summed E-state index contributed by atoms with van der Waals surface area (Å²) >= 11 is 0. The van der Waals surface area contributed by atoms with Gasteiger partial charge in [0.2, 0.25) is 0 Å². The van der Waals surface area contributed by atoms with E-state index in [2.05, 4.69) is 10.1 Å². The number of anilines is 1. The molecular weight excluding hydrogens is 290 g/mol. The molecule has 0 saturated carbocycles. The van der Waals surface area contributed by atoms with Crippen molar-refractivity contribution in [3.05, 3.63) is 59.7 Å². The van der Waals surface area contributed by atoms with Crippen molar-refractivity contribution in [1.29, 1.82) is 0 Å². The SMILES string of the molecule is O=C(Nc1ccc(OC(F)F)c(F)c1)c1ccc(F)cc1. The van der Waals surface area contributed by atoms with Crippen LogP contribution in [0.1, 0.15) is 10.4 Å². The molecule has 2 aromatic carbocycles. The van der Waals surface area contributed by atoms with Crippen molar-refractivity contribution in [3.63, 3.8) is 0 Å². The van der Waals surface area contributed by atoms with Crippen molar-refractivity contribution < 1.29 is 27.1 Å². The summed E-state index contributed by atoms with van der Waals surface area (Å²) < 4.78 is 54.1. The monoisotopic (exact) mass is 299 g/mol. The lowest BCUT2D eigenvalue weighted by atomic mass is 10.2. The van der Waals surface area contributed by atoms with Gasteiger partial charge in [-0.2, -0.15) is 8.78 Å². The maximum atomic E-state index is 13.5. The molecule has 0 aliphatic rings. The number of amides is 1. The van der Waals surface area contributed by atoms with Crippen LogP contribution in [0, 0.1) is 11.6 Å². The Morgan fingerprint density at radius 1 is 1.05 bits per heavy atom. The summed E-state index contributed by atoms with van der Waals surface area (Å²) in [7, 11) is 0. The van der Waals surface area contributed by atoms with E-state index in [0.29, 0.717) is 0 Å². The largest absolute Gasteiger partial charge is 0.432 e. The molecule has 1 amide bonds. The van der Waals surface area contributed by atoms with Gasteiger partial charge in [0.1, 0.15) is 5.82 Å². The van der Waals surface area contributed by atoms with Crippen LogP contribution < -0.4 is 10.1 Å². The van der Waals surface area contributed by atoms with Crippen LogP contribution in [0.2, 0.25) is 0 Å². The van der Waals surface area contributed by atoms with Gasteiger partial charge >= 0.3 is 6.61 Å². The van der Waals surface area contributed by atoms with E-state index < -0.39 is 29.9 Å². The number of hydrogen-bond acceptors (Lipinski definition) is 2. The van der Waals surface area contributed by atoms with E-state index in [1.165, 1.54) is 18.2 Å². The topological polar surface area (TPSA) is 38.3 Å². The molecule has 0 aliphatic carbocycles. The first-order valence-electron chi connectivity index (χ1n) is 5.77. The second-order valence-electron chi connectivity index (χ2n) is 3.98. The molecule has 2 aromatic rings. The normalized spacial score (nSPS) is 10.5. The lowest BCUT2D eigenvalue weighted by Crippen LogP contribution is -2.12. The zero-order chi connectivity index (χ0) is 15.4. The van der Waals surface area contributed by atoms with Crippen molar-refractivity contribution in [1.82, 2.24) is 0 Å². The van der Waals surface area contributed by atoms with Gasteiger partial charge in [-0.05, 0) is 36.4 Å². The predicted octanol–water partition coefficient (Wildman–Crippen LogP) is 3.82. The molecule has 0 saturated heterocycles. The lowest BCUT2D eigenvalue weighted by Gasteiger charge is -2.09. The minimum Gasteiger partial charge on any atom is -0.432 e. The summed E-state index contributed by atoms with van der Waals surface area (Å²) in [6, 6.07) is 7.76. The molecule has 0 heterocycles. The Labute approximate surface area is 117 Å². The molecule has 0 atom stereocenters. The quantitative estimate of drug-likeness (QED) is 0.872. The maximum absolute atomic E-state index is 13.5. The van der Waals surface area contributed by atoms with Crippen molar-refractivity contribution >= 4 is 11.6 Å². The van der Waals surface area contributed by atoms with Gasteiger partial charge in [-0.15, -0.1) is 0 Å². The van der Waals surface area contributed by atoms with E-state index in [9.17, 15) is 22.4 Å². The van der Waals surface area contributed by atoms with Crippen LogP contribution in [0.4, 0.5) is 23.2 Å². The summed E-state index contributed by atoms with van der Waals surface area (Å²) in [5.41, 5.74) is 0.230. The Morgan fingerprint density at radius 3 is 2.29 bits per heavy atom. The van der Waals surface area contributed by atoms with Gasteiger partial charge < -0.3 is 10.1 Å². The molecule has 110 valence electrons. The standard InChI is InChI=1S/C14H9F4NO2/c15-9-3-1-8(2-4-9)13(20)19-10-5-6-12(11(16)7-10)21-14(17)18/h1-7,14H,(H,19,20). The van der Waals surface area contributed by atoms with Crippen LogP contribution >= 0.6 is 0 Å². The molecule has 7 heteroatoms. The van der Waals surface area contributed by atoms with E-state index in [1.54, 1.807) is 0 Å². The molecule has 1 N–H and O–H groups in total. The fourth-order valence-electron chi connectivity index (χ4n) is 1.57. The Morgan fingerprint density at radius 2 is 1.71 bits per heavy atom. The number of hydrogen-bond donors (Lipinski definition) is 1. The number of carbonyl (C=O) groups excluding carboxylic acids is 1. The van der Waals surface area contributed by atoms with Crippen LogP contribution in [0.25, 0.3) is 0 Å². The van der Waals surface area contributed by atoms with E-state index in [4.69, 9.17) is 0 Å². The molecule has 0 radical (unpaired) electrons. The van der Waals surface area contributed by atoms with Gasteiger partial charge in [0, 0.05) is 17.3 Å². The van der Waals surface area contributed by atoms with Gasteiger partial charge in [0.25, 0.3) is 5.91 Å². The minimum absolute atomic E-state index is 0.0587. The average molecular weight is 299 g/mol. The molecule has 3 nitrogen and oxygen atoms in total. The molecule has 0 fully saturated rings. The minimum atomic E-state index is -3.14. The third-order valence-corrected chi connectivity index (χ3v) is 2.51. The van der Waals surface area contributed by atoms with Crippen molar-refractivity contribution in [2.24, 2.45) is 0 Å². The molecule has 0 spiro atoms. The molecule has 0 aromatic heterocycles. The highest BCUT2D eigenvalue weighted by Crippen LogP contribution is 2.23. The second kappa shape index (κ2) is 6.25. The number of benzene rings is 2. The van der Waals surface area contributed by atoms with Crippen LogP contribution in [0.5, 0.6) is 5.75 Å². The molecule has 2 rings (SSSR count). The first kappa shape index (κ1) is 14.8. The summed E-state index contributed by atoms with van der Waals surface area (Å²) in [4.78, 5) is 11.8. The van der Waals surface area contributed by atoms with Crippen LogP contribution in [-0.2, 0) is 0 Å². The van der Waals surface area contributed by atoms with Crippen LogP contribution in [-0.4, -0.2) is 12.5 Å². The maximum Gasteiger partial charge on any atom is 0.387 e. The Hall–Kier alpha value is -2.57. The Bertz CT molecular complexity index is 644. The highest BCUT2D eigenvalue weighted by atomic mass is 19.3. The fraction of sp³-hybridized carbons (Fsp3) is 0.0714. The van der Waals surface area contributed by atoms with Crippen molar-refractivity contribution in [2.45, 2.75) is 6.61 Å². The van der Waals surface area contributed by atoms with Gasteiger partial charge in [-0.25, -0.2) is 8.78 Å². The van der Waals surface area contributed by atoms with Crippen LogP contribution in [0.3, 0.4) is 0 Å². The third kappa shape index (κ3) is 3.95. The third-order valence-electron chi connectivity index (χ3n) is 2.51. The molecule has 21 heavy (non-hydrogen) atoms. The first-order chi connectivity index (χ1) is 9.95. The van der Waals surface area contributed by atoms with E-state index >= 15 is 0 Å². The smallest absolute Gasteiger partial charge is 0.387 e. The summed E-state index contributed by atoms with van der Waals surface area (Å²) in [6.07, 6.45) is 0. The number of ether oxygens (including phenoxy) is 1. The zero-order valence-corrected chi connectivity index (χ0v) is 10.4. The van der Waals surface area contributed by atoms with Gasteiger partial charge in [0.15, 0.2) is 11.6 Å². The number of rotatable bonds is 4. The molecule has 0 unspecified atom stereocenters. The fourth-order valence-corrected chi connectivity index (χ4v) is 1.57. The lowest BCUT2D eigenvalue weighted by molar-refractivity contribution is -0.0521. The Kier molecular flexibility index (Phi) is 4.42. The number of carbonyl (C=O) groups is 1. The number of halogens is 4.